The molecule has 1 aromatic carbocycles. The number of rotatable bonds is 5. The fourth-order valence-corrected chi connectivity index (χ4v) is 1.34. The Bertz CT molecular complexity index is 375. The normalized spacial score (nSPS) is 12.1. The molecule has 1 aromatic rings. The zero-order valence-corrected chi connectivity index (χ0v) is 8.88. The second-order valence-corrected chi connectivity index (χ2v) is 3.38. The third-order valence-corrected chi connectivity index (χ3v) is 2.22. The summed E-state index contributed by atoms with van der Waals surface area (Å²) < 4.78 is 4.85. The summed E-state index contributed by atoms with van der Waals surface area (Å²) in [7, 11) is 1.43. The molecular formula is C11H14O5. The first-order valence-corrected chi connectivity index (χ1v) is 4.81. The fourth-order valence-electron chi connectivity index (χ4n) is 1.34. The highest BCUT2D eigenvalue weighted by Gasteiger charge is 2.12. The van der Waals surface area contributed by atoms with Crippen LogP contribution in [-0.4, -0.2) is 28.4 Å². The number of carbonyl (C=O) groups is 1. The molecule has 0 saturated heterocycles. The Hall–Kier alpha value is -1.75. The molecule has 0 aromatic heterocycles. The molecule has 1 rings (SSSR count). The van der Waals surface area contributed by atoms with Crippen LogP contribution in [0.15, 0.2) is 18.2 Å². The van der Waals surface area contributed by atoms with Gasteiger partial charge in [-0.15, -0.1) is 0 Å². The number of carboxylic acids is 1. The van der Waals surface area contributed by atoms with Gasteiger partial charge in [-0.05, 0) is 24.1 Å². The maximum Gasteiger partial charge on any atom is 0.303 e. The van der Waals surface area contributed by atoms with Crippen LogP contribution in [0.4, 0.5) is 0 Å². The Morgan fingerprint density at radius 2 is 2.19 bits per heavy atom. The highest BCUT2D eigenvalue weighted by Crippen LogP contribution is 2.30. The second-order valence-electron chi connectivity index (χ2n) is 3.38. The van der Waals surface area contributed by atoms with Crippen LogP contribution in [0.25, 0.3) is 0 Å². The number of phenolic OH excluding ortho intramolecular Hbond substituents is 1. The number of aromatic hydroxyl groups is 1. The standard InChI is InChI=1S/C11H14O5/c1-16-10-4-2-7(6-9(10)13)8(12)3-5-11(14)15/h2,4,6,8,12-13H,3,5H2,1H3,(H,14,15). The average molecular weight is 226 g/mol. The molecule has 0 aliphatic carbocycles. The van der Waals surface area contributed by atoms with E-state index in [1.54, 1.807) is 6.07 Å². The van der Waals surface area contributed by atoms with Gasteiger partial charge in [0.2, 0.25) is 0 Å². The van der Waals surface area contributed by atoms with E-state index in [4.69, 9.17) is 9.84 Å². The van der Waals surface area contributed by atoms with Crippen LogP contribution in [-0.2, 0) is 4.79 Å². The first kappa shape index (κ1) is 12.3. The lowest BCUT2D eigenvalue weighted by molar-refractivity contribution is -0.137. The lowest BCUT2D eigenvalue weighted by atomic mass is 10.0. The largest absolute Gasteiger partial charge is 0.504 e. The van der Waals surface area contributed by atoms with E-state index in [1.807, 2.05) is 0 Å². The van der Waals surface area contributed by atoms with Crippen LogP contribution in [0.5, 0.6) is 11.5 Å². The Balaban J connectivity index is 2.72. The van der Waals surface area contributed by atoms with Gasteiger partial charge in [-0.3, -0.25) is 4.79 Å². The number of methoxy groups -OCH3 is 1. The van der Waals surface area contributed by atoms with Gasteiger partial charge in [0, 0.05) is 6.42 Å². The minimum Gasteiger partial charge on any atom is -0.504 e. The Morgan fingerprint density at radius 3 is 2.69 bits per heavy atom. The van der Waals surface area contributed by atoms with E-state index >= 15 is 0 Å². The van der Waals surface area contributed by atoms with Crippen LogP contribution in [0.3, 0.4) is 0 Å². The van der Waals surface area contributed by atoms with Crippen LogP contribution in [0, 0.1) is 0 Å². The number of phenols is 1. The van der Waals surface area contributed by atoms with Gasteiger partial charge in [0.15, 0.2) is 11.5 Å². The molecule has 0 bridgehead atoms. The van der Waals surface area contributed by atoms with Gasteiger partial charge in [0.1, 0.15) is 0 Å². The molecule has 88 valence electrons. The molecule has 5 heteroatoms. The van der Waals surface area contributed by atoms with Gasteiger partial charge in [0.05, 0.1) is 13.2 Å². The van der Waals surface area contributed by atoms with Crippen molar-refractivity contribution in [1.82, 2.24) is 0 Å². The molecule has 0 fully saturated rings. The molecule has 0 radical (unpaired) electrons. The third kappa shape index (κ3) is 3.13. The van der Waals surface area contributed by atoms with Gasteiger partial charge < -0.3 is 20.1 Å². The monoisotopic (exact) mass is 226 g/mol. The summed E-state index contributed by atoms with van der Waals surface area (Å²) in [6.45, 7) is 0. The smallest absolute Gasteiger partial charge is 0.303 e. The molecule has 1 unspecified atom stereocenters. The quantitative estimate of drug-likeness (QED) is 0.704. The van der Waals surface area contributed by atoms with E-state index in [1.165, 1.54) is 19.2 Å². The summed E-state index contributed by atoms with van der Waals surface area (Å²) in [5, 5.41) is 27.6. The van der Waals surface area contributed by atoms with Crippen LogP contribution in [0.1, 0.15) is 24.5 Å². The molecule has 5 nitrogen and oxygen atoms in total. The minimum absolute atomic E-state index is 0.0747. The first-order chi connectivity index (χ1) is 7.54. The van der Waals surface area contributed by atoms with Crippen molar-refractivity contribution >= 4 is 5.97 Å². The van der Waals surface area contributed by atoms with E-state index < -0.39 is 12.1 Å². The van der Waals surface area contributed by atoms with Crippen LogP contribution in [0.2, 0.25) is 0 Å². The maximum atomic E-state index is 10.3. The van der Waals surface area contributed by atoms with Gasteiger partial charge in [-0.1, -0.05) is 6.07 Å². The van der Waals surface area contributed by atoms with E-state index in [0.29, 0.717) is 11.3 Å². The second kappa shape index (κ2) is 5.37. The van der Waals surface area contributed by atoms with Gasteiger partial charge in [-0.2, -0.15) is 0 Å². The van der Waals surface area contributed by atoms with E-state index in [-0.39, 0.29) is 18.6 Å². The number of aliphatic hydroxyl groups excluding tert-OH is 1. The predicted molar refractivity (Wildman–Crippen MR) is 56.5 cm³/mol. The van der Waals surface area contributed by atoms with E-state index in [9.17, 15) is 15.0 Å². The lowest BCUT2D eigenvalue weighted by Crippen LogP contribution is -2.02. The van der Waals surface area contributed by atoms with Crippen molar-refractivity contribution in [3.05, 3.63) is 23.8 Å². The van der Waals surface area contributed by atoms with Crippen molar-refractivity contribution in [2.45, 2.75) is 18.9 Å². The summed E-state index contributed by atoms with van der Waals surface area (Å²) in [5.74, 6) is -0.722. The van der Waals surface area contributed by atoms with Gasteiger partial charge >= 0.3 is 5.97 Å². The summed E-state index contributed by atoms with van der Waals surface area (Å²) in [6, 6.07) is 4.48. The van der Waals surface area contributed by atoms with Crippen molar-refractivity contribution in [3.63, 3.8) is 0 Å². The van der Waals surface area contributed by atoms with Crippen LogP contribution >= 0.6 is 0 Å². The molecular weight excluding hydrogens is 212 g/mol. The van der Waals surface area contributed by atoms with E-state index in [0.717, 1.165) is 0 Å². The molecule has 16 heavy (non-hydrogen) atoms. The molecule has 0 aliphatic rings. The Morgan fingerprint density at radius 1 is 1.50 bits per heavy atom. The van der Waals surface area contributed by atoms with Crippen LogP contribution < -0.4 is 4.74 Å². The molecule has 0 heterocycles. The molecule has 1 atom stereocenters. The predicted octanol–water partition coefficient (Wildman–Crippen LogP) is 1.30. The average Bonchev–Trinajstić information content (AvgIpc) is 2.25. The summed E-state index contributed by atoms with van der Waals surface area (Å²) in [5.41, 5.74) is 0.472. The molecule has 0 saturated carbocycles. The van der Waals surface area contributed by atoms with Gasteiger partial charge in [-0.25, -0.2) is 0 Å². The molecule has 0 spiro atoms. The summed E-state index contributed by atoms with van der Waals surface area (Å²) >= 11 is 0. The van der Waals surface area contributed by atoms with Crippen molar-refractivity contribution in [1.29, 1.82) is 0 Å². The minimum atomic E-state index is -0.961. The maximum absolute atomic E-state index is 10.3. The highest BCUT2D eigenvalue weighted by molar-refractivity contribution is 5.66. The summed E-state index contributed by atoms with van der Waals surface area (Å²) in [6.07, 6.45) is -0.900. The Kier molecular flexibility index (Phi) is 4.13. The fraction of sp³-hybridized carbons (Fsp3) is 0.364. The van der Waals surface area contributed by atoms with E-state index in [2.05, 4.69) is 0 Å². The number of carboxylic acid groups (broad SMARTS) is 1. The third-order valence-electron chi connectivity index (χ3n) is 2.22. The number of aliphatic carboxylic acids is 1. The zero-order valence-electron chi connectivity index (χ0n) is 8.88. The Labute approximate surface area is 92.9 Å². The first-order valence-electron chi connectivity index (χ1n) is 4.81. The number of hydrogen-bond donors (Lipinski definition) is 3. The van der Waals surface area contributed by atoms with Crippen molar-refractivity contribution in [2.24, 2.45) is 0 Å². The number of ether oxygens (including phenoxy) is 1. The van der Waals surface area contributed by atoms with Gasteiger partial charge in [0.25, 0.3) is 0 Å². The highest BCUT2D eigenvalue weighted by atomic mass is 16.5. The van der Waals surface area contributed by atoms with Crippen molar-refractivity contribution < 1.29 is 24.9 Å². The molecule has 0 aliphatic heterocycles. The number of aliphatic hydroxyl groups is 1. The topological polar surface area (TPSA) is 87.0 Å². The number of hydrogen-bond acceptors (Lipinski definition) is 4. The van der Waals surface area contributed by atoms with Crippen molar-refractivity contribution in [3.8, 4) is 11.5 Å². The zero-order chi connectivity index (χ0) is 12.1. The van der Waals surface area contributed by atoms with Crippen molar-refractivity contribution in [2.75, 3.05) is 7.11 Å². The molecule has 0 amide bonds. The SMILES string of the molecule is COc1ccc(C(O)CCC(=O)O)cc1O. The lowest BCUT2D eigenvalue weighted by Gasteiger charge is -2.11. The number of benzene rings is 1. The molecule has 3 N–H and O–H groups in total. The summed E-state index contributed by atoms with van der Waals surface area (Å²) in [4.78, 5) is 10.3.